The number of carbonyl (C=O) groups is 1. The lowest BCUT2D eigenvalue weighted by atomic mass is 9.87. The van der Waals surface area contributed by atoms with Crippen LogP contribution in [0, 0.1) is 6.92 Å². The highest BCUT2D eigenvalue weighted by atomic mass is 32.2. The molecule has 0 heterocycles. The largest absolute Gasteiger partial charge is 0.480 e. The fraction of sp³-hybridized carbons (Fsp3) is 0.533. The molecule has 1 rings (SSSR count). The Balaban J connectivity index is 3.28. The summed E-state index contributed by atoms with van der Waals surface area (Å²) in [5, 5.41) is 9.01. The Bertz CT molecular complexity index is 630. The highest BCUT2D eigenvalue weighted by Crippen LogP contribution is 2.26. The average Bonchev–Trinajstić information content (AvgIpc) is 2.34. The minimum absolute atomic E-state index is 0.134. The quantitative estimate of drug-likeness (QED) is 0.874. The van der Waals surface area contributed by atoms with Gasteiger partial charge in [-0.2, -0.15) is 4.72 Å². The zero-order valence-electron chi connectivity index (χ0n) is 13.1. The van der Waals surface area contributed by atoms with Crippen LogP contribution >= 0.6 is 0 Å². The predicted octanol–water partition coefficient (Wildman–Crippen LogP) is 2.43. The first-order valence-electron chi connectivity index (χ1n) is 6.85. The molecular weight excluding hydrogens is 290 g/mol. The van der Waals surface area contributed by atoms with Crippen LogP contribution in [-0.4, -0.2) is 25.5 Å². The number of hydrogen-bond donors (Lipinski definition) is 2. The van der Waals surface area contributed by atoms with Gasteiger partial charge in [-0.05, 0) is 36.0 Å². The standard InChI is InChI=1S/C15H23NO4S/c1-6-12(14(17)18)16-21(19,20)13-9-11(15(3,4)5)8-7-10(13)2/h7-9,12,16H,6H2,1-5H3,(H,17,18)/t12-/m0/s1. The number of aliphatic carboxylic acids is 1. The predicted molar refractivity (Wildman–Crippen MR) is 81.9 cm³/mol. The Hall–Kier alpha value is -1.40. The summed E-state index contributed by atoms with van der Waals surface area (Å²) in [5.41, 5.74) is 1.29. The number of benzene rings is 1. The highest BCUT2D eigenvalue weighted by molar-refractivity contribution is 7.89. The van der Waals surface area contributed by atoms with Gasteiger partial charge in [0.05, 0.1) is 4.90 Å². The van der Waals surface area contributed by atoms with Crippen LogP contribution < -0.4 is 4.72 Å². The molecule has 0 aliphatic heterocycles. The maximum Gasteiger partial charge on any atom is 0.321 e. The third-order valence-corrected chi connectivity index (χ3v) is 4.96. The van der Waals surface area contributed by atoms with Crippen molar-refractivity contribution in [1.29, 1.82) is 0 Å². The molecule has 0 radical (unpaired) electrons. The van der Waals surface area contributed by atoms with E-state index in [9.17, 15) is 13.2 Å². The SMILES string of the molecule is CC[C@H](NS(=O)(=O)c1cc(C(C)(C)C)ccc1C)C(=O)O. The maximum absolute atomic E-state index is 12.4. The molecule has 0 aliphatic carbocycles. The monoisotopic (exact) mass is 313 g/mol. The molecule has 0 fully saturated rings. The van der Waals surface area contributed by atoms with Gasteiger partial charge in [-0.25, -0.2) is 8.42 Å². The van der Waals surface area contributed by atoms with Crippen molar-refractivity contribution < 1.29 is 18.3 Å². The van der Waals surface area contributed by atoms with Crippen LogP contribution in [0.15, 0.2) is 23.1 Å². The Labute approximate surface area is 126 Å². The Morgan fingerprint density at radius 3 is 2.33 bits per heavy atom. The fourth-order valence-corrected chi connectivity index (χ4v) is 3.46. The van der Waals surface area contributed by atoms with Crippen LogP contribution in [0.1, 0.15) is 45.2 Å². The van der Waals surface area contributed by atoms with Crippen molar-refractivity contribution in [3.63, 3.8) is 0 Å². The van der Waals surface area contributed by atoms with E-state index in [0.717, 1.165) is 5.56 Å². The Morgan fingerprint density at radius 2 is 1.90 bits per heavy atom. The molecule has 2 N–H and O–H groups in total. The summed E-state index contributed by atoms with van der Waals surface area (Å²) in [5.74, 6) is -1.18. The summed E-state index contributed by atoms with van der Waals surface area (Å²) in [6, 6.07) is 4.14. The molecule has 1 atom stereocenters. The molecule has 1 aromatic rings. The van der Waals surface area contributed by atoms with Crippen LogP contribution in [0.2, 0.25) is 0 Å². The summed E-state index contributed by atoms with van der Waals surface area (Å²) in [7, 11) is -3.86. The molecule has 0 spiro atoms. The average molecular weight is 313 g/mol. The first kappa shape index (κ1) is 17.7. The van der Waals surface area contributed by atoms with E-state index in [-0.39, 0.29) is 16.7 Å². The Morgan fingerprint density at radius 1 is 1.33 bits per heavy atom. The first-order chi connectivity index (χ1) is 9.49. The maximum atomic E-state index is 12.4. The van der Waals surface area contributed by atoms with E-state index < -0.39 is 22.0 Å². The minimum Gasteiger partial charge on any atom is -0.480 e. The molecule has 0 bridgehead atoms. The van der Waals surface area contributed by atoms with Crippen LogP contribution in [0.5, 0.6) is 0 Å². The van der Waals surface area contributed by atoms with Gasteiger partial charge in [0.25, 0.3) is 0 Å². The zero-order valence-corrected chi connectivity index (χ0v) is 13.9. The van der Waals surface area contributed by atoms with Gasteiger partial charge < -0.3 is 5.11 Å². The number of carboxylic acid groups (broad SMARTS) is 1. The van der Waals surface area contributed by atoms with E-state index in [0.29, 0.717) is 5.56 Å². The van der Waals surface area contributed by atoms with Gasteiger partial charge in [0.2, 0.25) is 10.0 Å². The molecule has 118 valence electrons. The number of rotatable bonds is 5. The number of aryl methyl sites for hydroxylation is 1. The molecule has 6 heteroatoms. The van der Waals surface area contributed by atoms with Crippen molar-refractivity contribution in [1.82, 2.24) is 4.72 Å². The van der Waals surface area contributed by atoms with E-state index >= 15 is 0 Å². The number of sulfonamides is 1. The zero-order chi connectivity index (χ0) is 16.4. The fourth-order valence-electron chi connectivity index (χ4n) is 1.92. The second-order valence-electron chi connectivity index (χ2n) is 6.15. The third kappa shape index (κ3) is 4.28. The van der Waals surface area contributed by atoms with Crippen molar-refractivity contribution in [3.8, 4) is 0 Å². The van der Waals surface area contributed by atoms with E-state index in [4.69, 9.17) is 5.11 Å². The Kier molecular flexibility index (Phi) is 5.17. The second kappa shape index (κ2) is 6.15. The molecule has 5 nitrogen and oxygen atoms in total. The normalized spacial score (nSPS) is 14.0. The summed E-state index contributed by atoms with van der Waals surface area (Å²) in [4.78, 5) is 11.2. The summed E-state index contributed by atoms with van der Waals surface area (Å²) in [6.07, 6.45) is 0.187. The van der Waals surface area contributed by atoms with Crippen LogP contribution in [0.4, 0.5) is 0 Å². The van der Waals surface area contributed by atoms with Gasteiger partial charge in [-0.3, -0.25) is 4.79 Å². The number of carboxylic acids is 1. The third-order valence-electron chi connectivity index (χ3n) is 3.35. The van der Waals surface area contributed by atoms with Gasteiger partial charge in [0.15, 0.2) is 0 Å². The van der Waals surface area contributed by atoms with Crippen LogP contribution in [0.3, 0.4) is 0 Å². The molecule has 1 aromatic carbocycles. The summed E-state index contributed by atoms with van der Waals surface area (Å²) >= 11 is 0. The number of hydrogen-bond acceptors (Lipinski definition) is 3. The molecular formula is C15H23NO4S. The lowest BCUT2D eigenvalue weighted by Gasteiger charge is -2.21. The summed E-state index contributed by atoms with van der Waals surface area (Å²) < 4.78 is 27.1. The van der Waals surface area contributed by atoms with Crippen LogP contribution in [-0.2, 0) is 20.2 Å². The van der Waals surface area contributed by atoms with E-state index in [1.54, 1.807) is 26.0 Å². The highest BCUT2D eigenvalue weighted by Gasteiger charge is 2.26. The van der Waals surface area contributed by atoms with Crippen molar-refractivity contribution in [2.24, 2.45) is 0 Å². The van der Waals surface area contributed by atoms with Crippen molar-refractivity contribution in [2.75, 3.05) is 0 Å². The molecule has 21 heavy (non-hydrogen) atoms. The molecule has 0 aromatic heterocycles. The van der Waals surface area contributed by atoms with Crippen molar-refractivity contribution in [3.05, 3.63) is 29.3 Å². The summed E-state index contributed by atoms with van der Waals surface area (Å²) in [6.45, 7) is 9.30. The van der Waals surface area contributed by atoms with Crippen molar-refractivity contribution in [2.45, 2.75) is 57.4 Å². The molecule has 0 amide bonds. The molecule has 0 unspecified atom stereocenters. The molecule has 0 saturated heterocycles. The van der Waals surface area contributed by atoms with E-state index in [1.165, 1.54) is 0 Å². The van der Waals surface area contributed by atoms with E-state index in [1.807, 2.05) is 26.8 Å². The van der Waals surface area contributed by atoms with Crippen molar-refractivity contribution >= 4 is 16.0 Å². The van der Waals surface area contributed by atoms with E-state index in [2.05, 4.69) is 4.72 Å². The molecule has 0 saturated carbocycles. The van der Waals surface area contributed by atoms with Gasteiger partial charge in [-0.15, -0.1) is 0 Å². The minimum atomic E-state index is -3.86. The topological polar surface area (TPSA) is 83.5 Å². The lowest BCUT2D eigenvalue weighted by molar-refractivity contribution is -0.139. The van der Waals surface area contributed by atoms with Gasteiger partial charge in [0, 0.05) is 0 Å². The second-order valence-corrected chi connectivity index (χ2v) is 7.83. The van der Waals surface area contributed by atoms with Gasteiger partial charge >= 0.3 is 5.97 Å². The number of nitrogens with one attached hydrogen (secondary N) is 1. The smallest absolute Gasteiger partial charge is 0.321 e. The van der Waals surface area contributed by atoms with Gasteiger partial charge in [-0.1, -0.05) is 39.8 Å². The van der Waals surface area contributed by atoms with Crippen LogP contribution in [0.25, 0.3) is 0 Å². The van der Waals surface area contributed by atoms with Gasteiger partial charge in [0.1, 0.15) is 6.04 Å². The molecule has 0 aliphatic rings. The lowest BCUT2D eigenvalue weighted by Crippen LogP contribution is -2.40. The first-order valence-corrected chi connectivity index (χ1v) is 8.33.